The summed E-state index contributed by atoms with van der Waals surface area (Å²) in [4.78, 5) is 6.64. The van der Waals surface area contributed by atoms with Gasteiger partial charge in [0.25, 0.3) is 0 Å². The van der Waals surface area contributed by atoms with Crippen LogP contribution in [0.25, 0.3) is 0 Å². The first-order valence-corrected chi connectivity index (χ1v) is 5.95. The average molecular weight is 278 g/mol. The largest absolute Gasteiger partial charge is 0.356 e. The van der Waals surface area contributed by atoms with E-state index in [4.69, 9.17) is 11.6 Å². The van der Waals surface area contributed by atoms with Gasteiger partial charge in [-0.25, -0.2) is 4.98 Å². The van der Waals surface area contributed by atoms with Gasteiger partial charge in [-0.1, -0.05) is 0 Å². The second-order valence-electron chi connectivity index (χ2n) is 3.01. The summed E-state index contributed by atoms with van der Waals surface area (Å²) < 4.78 is 1.04. The molecule has 0 saturated carbocycles. The monoisotopic (exact) mass is 276 g/mol. The highest BCUT2D eigenvalue weighted by atomic mass is 79.9. The van der Waals surface area contributed by atoms with E-state index in [2.05, 4.69) is 32.7 Å². The molecule has 4 heteroatoms. The Bertz CT molecular complexity index is 304. The van der Waals surface area contributed by atoms with E-state index in [1.807, 2.05) is 19.1 Å². The number of nitrogens with zero attached hydrogens (tertiary/aromatic N) is 2. The van der Waals surface area contributed by atoms with Crippen molar-refractivity contribution in [2.75, 3.05) is 23.9 Å². The first-order chi connectivity index (χ1) is 6.69. The minimum absolute atomic E-state index is 0.630. The fourth-order valence-corrected chi connectivity index (χ4v) is 1.67. The van der Waals surface area contributed by atoms with Crippen molar-refractivity contribution in [2.45, 2.75) is 13.8 Å². The Morgan fingerprint density at radius 2 is 2.21 bits per heavy atom. The summed E-state index contributed by atoms with van der Waals surface area (Å²) in [7, 11) is 0. The molecule has 0 bridgehead atoms. The van der Waals surface area contributed by atoms with Crippen molar-refractivity contribution in [3.8, 4) is 0 Å². The maximum Gasteiger partial charge on any atom is 0.128 e. The second kappa shape index (κ2) is 5.56. The number of halogens is 2. The average Bonchev–Trinajstić information content (AvgIpc) is 2.19. The van der Waals surface area contributed by atoms with Gasteiger partial charge in [0.15, 0.2) is 0 Å². The van der Waals surface area contributed by atoms with Gasteiger partial charge in [0, 0.05) is 23.4 Å². The molecule has 2 nitrogen and oxygen atoms in total. The Morgan fingerprint density at radius 3 is 2.71 bits per heavy atom. The quantitative estimate of drug-likeness (QED) is 0.786. The van der Waals surface area contributed by atoms with Crippen LogP contribution < -0.4 is 4.90 Å². The highest BCUT2D eigenvalue weighted by Gasteiger charge is 2.05. The number of hydrogen-bond donors (Lipinski definition) is 0. The molecule has 1 rings (SSSR count). The third kappa shape index (κ3) is 2.85. The Kier molecular flexibility index (Phi) is 4.69. The topological polar surface area (TPSA) is 16.1 Å². The number of aromatic nitrogens is 1. The van der Waals surface area contributed by atoms with Crippen molar-refractivity contribution in [3.05, 3.63) is 22.3 Å². The van der Waals surface area contributed by atoms with Crippen LogP contribution in [-0.4, -0.2) is 24.0 Å². The standard InChI is InChI=1S/C10H14BrClN2/c1-3-14(7-6-12)10-5-4-9(11)8(2)13-10/h4-5H,3,6-7H2,1-2H3. The molecule has 0 fully saturated rings. The molecule has 1 aromatic heterocycles. The zero-order valence-electron chi connectivity index (χ0n) is 8.43. The van der Waals surface area contributed by atoms with Gasteiger partial charge in [0.2, 0.25) is 0 Å². The summed E-state index contributed by atoms with van der Waals surface area (Å²) in [6.07, 6.45) is 0. The Labute approximate surface area is 98.4 Å². The Morgan fingerprint density at radius 1 is 1.50 bits per heavy atom. The molecular weight excluding hydrogens is 263 g/mol. The number of aryl methyl sites for hydroxylation is 1. The van der Waals surface area contributed by atoms with Gasteiger partial charge in [-0.15, -0.1) is 11.6 Å². The summed E-state index contributed by atoms with van der Waals surface area (Å²) in [5.74, 6) is 1.62. The molecule has 78 valence electrons. The van der Waals surface area contributed by atoms with E-state index in [0.717, 1.165) is 29.1 Å². The lowest BCUT2D eigenvalue weighted by atomic mass is 10.3. The third-order valence-corrected chi connectivity index (χ3v) is 3.07. The van der Waals surface area contributed by atoms with E-state index in [0.29, 0.717) is 5.88 Å². The molecule has 1 heterocycles. The van der Waals surface area contributed by atoms with Gasteiger partial charge in [-0.3, -0.25) is 0 Å². The minimum Gasteiger partial charge on any atom is -0.356 e. The molecule has 0 spiro atoms. The van der Waals surface area contributed by atoms with Crippen molar-refractivity contribution in [1.82, 2.24) is 4.98 Å². The van der Waals surface area contributed by atoms with Gasteiger partial charge >= 0.3 is 0 Å². The molecule has 1 aromatic rings. The van der Waals surface area contributed by atoms with Gasteiger partial charge in [0.1, 0.15) is 5.82 Å². The van der Waals surface area contributed by atoms with E-state index >= 15 is 0 Å². The smallest absolute Gasteiger partial charge is 0.128 e. The summed E-state index contributed by atoms with van der Waals surface area (Å²) >= 11 is 9.15. The van der Waals surface area contributed by atoms with E-state index < -0.39 is 0 Å². The van der Waals surface area contributed by atoms with Crippen LogP contribution in [0.15, 0.2) is 16.6 Å². The predicted molar refractivity (Wildman–Crippen MR) is 65.3 cm³/mol. The Balaban J connectivity index is 2.88. The van der Waals surface area contributed by atoms with Gasteiger partial charge in [0.05, 0.1) is 5.69 Å². The number of hydrogen-bond acceptors (Lipinski definition) is 2. The molecule has 0 atom stereocenters. The molecule has 0 N–H and O–H groups in total. The normalized spacial score (nSPS) is 10.3. The van der Waals surface area contributed by atoms with Crippen LogP contribution in [0.2, 0.25) is 0 Å². The van der Waals surface area contributed by atoms with Crippen LogP contribution in [0.3, 0.4) is 0 Å². The van der Waals surface area contributed by atoms with Crippen molar-refractivity contribution in [2.24, 2.45) is 0 Å². The maximum atomic E-state index is 5.72. The molecule has 0 saturated heterocycles. The van der Waals surface area contributed by atoms with Crippen LogP contribution in [0.5, 0.6) is 0 Å². The highest BCUT2D eigenvalue weighted by Crippen LogP contribution is 2.18. The third-order valence-electron chi connectivity index (χ3n) is 2.07. The summed E-state index contributed by atoms with van der Waals surface area (Å²) in [5, 5.41) is 0. The fourth-order valence-electron chi connectivity index (χ4n) is 1.24. The minimum atomic E-state index is 0.630. The van der Waals surface area contributed by atoms with Crippen molar-refractivity contribution >= 4 is 33.3 Å². The van der Waals surface area contributed by atoms with E-state index in [1.54, 1.807) is 0 Å². The van der Waals surface area contributed by atoms with Crippen LogP contribution in [0.4, 0.5) is 5.82 Å². The molecule has 0 aliphatic rings. The first kappa shape index (κ1) is 11.8. The zero-order valence-corrected chi connectivity index (χ0v) is 10.8. The predicted octanol–water partition coefficient (Wildman–Crippen LogP) is 3.22. The molecule has 0 aromatic carbocycles. The summed E-state index contributed by atoms with van der Waals surface area (Å²) in [5.41, 5.74) is 1.01. The molecule has 0 aliphatic heterocycles. The number of anilines is 1. The van der Waals surface area contributed by atoms with Gasteiger partial charge in [-0.05, 0) is 41.9 Å². The van der Waals surface area contributed by atoms with Crippen LogP contribution in [0.1, 0.15) is 12.6 Å². The van der Waals surface area contributed by atoms with Crippen LogP contribution in [0, 0.1) is 6.92 Å². The van der Waals surface area contributed by atoms with Crippen molar-refractivity contribution < 1.29 is 0 Å². The zero-order chi connectivity index (χ0) is 10.6. The van der Waals surface area contributed by atoms with Gasteiger partial charge < -0.3 is 4.90 Å². The number of rotatable bonds is 4. The SMILES string of the molecule is CCN(CCCl)c1ccc(Br)c(C)n1. The van der Waals surface area contributed by atoms with Crippen LogP contribution >= 0.6 is 27.5 Å². The number of alkyl halides is 1. The van der Waals surface area contributed by atoms with Crippen LogP contribution in [-0.2, 0) is 0 Å². The lowest BCUT2D eigenvalue weighted by Gasteiger charge is -2.21. The second-order valence-corrected chi connectivity index (χ2v) is 4.24. The Hall–Kier alpha value is -0.280. The van der Waals surface area contributed by atoms with Crippen molar-refractivity contribution in [1.29, 1.82) is 0 Å². The van der Waals surface area contributed by atoms with E-state index in [1.165, 1.54) is 0 Å². The summed E-state index contributed by atoms with van der Waals surface area (Å²) in [6.45, 7) is 5.86. The fraction of sp³-hybridized carbons (Fsp3) is 0.500. The lowest BCUT2D eigenvalue weighted by molar-refractivity contribution is 0.845. The van der Waals surface area contributed by atoms with E-state index in [-0.39, 0.29) is 0 Å². The maximum absolute atomic E-state index is 5.72. The first-order valence-electron chi connectivity index (χ1n) is 4.63. The molecule has 0 radical (unpaired) electrons. The number of pyridine rings is 1. The van der Waals surface area contributed by atoms with E-state index in [9.17, 15) is 0 Å². The molecule has 0 unspecified atom stereocenters. The van der Waals surface area contributed by atoms with Gasteiger partial charge in [-0.2, -0.15) is 0 Å². The molecule has 0 aliphatic carbocycles. The molecular formula is C10H14BrClN2. The molecule has 14 heavy (non-hydrogen) atoms. The molecule has 0 amide bonds. The van der Waals surface area contributed by atoms with Crippen molar-refractivity contribution in [3.63, 3.8) is 0 Å². The summed E-state index contributed by atoms with van der Waals surface area (Å²) in [6, 6.07) is 4.03. The lowest BCUT2D eigenvalue weighted by Crippen LogP contribution is -2.25. The highest BCUT2D eigenvalue weighted by molar-refractivity contribution is 9.10.